The van der Waals surface area contributed by atoms with Crippen molar-refractivity contribution < 1.29 is 18.3 Å². The zero-order valence-electron chi connectivity index (χ0n) is 19.6. The Labute approximate surface area is 217 Å². The van der Waals surface area contributed by atoms with E-state index in [0.717, 1.165) is 62.0 Å². The number of nitrogens with zero attached hydrogens (tertiary/aromatic N) is 3. The molecule has 0 aliphatic carbocycles. The predicted octanol–water partition coefficient (Wildman–Crippen LogP) is 5.36. The van der Waals surface area contributed by atoms with Crippen LogP contribution in [0.15, 0.2) is 30.3 Å². The number of hydrogen-bond acceptors (Lipinski definition) is 5. The van der Waals surface area contributed by atoms with Gasteiger partial charge in [-0.15, -0.1) is 0 Å². The normalized spacial score (nSPS) is 20.1. The maximum Gasteiger partial charge on any atom is 0.434 e. The number of anilines is 1. The first kappa shape index (κ1) is 25.6. The summed E-state index contributed by atoms with van der Waals surface area (Å²) in [5, 5.41) is 14.4. The molecule has 2 aliphatic rings. The van der Waals surface area contributed by atoms with E-state index in [1.807, 2.05) is 18.2 Å². The number of benzene rings is 1. The van der Waals surface area contributed by atoms with Crippen LogP contribution in [0.3, 0.4) is 0 Å². The fourth-order valence-corrected chi connectivity index (χ4v) is 5.66. The summed E-state index contributed by atoms with van der Waals surface area (Å²) >= 11 is 12.0. The highest BCUT2D eigenvalue weighted by molar-refractivity contribution is 6.31. The van der Waals surface area contributed by atoms with Crippen LogP contribution in [0.25, 0.3) is 10.9 Å². The van der Waals surface area contributed by atoms with Crippen molar-refractivity contribution in [3.63, 3.8) is 0 Å². The molecule has 0 radical (unpaired) electrons. The maximum absolute atomic E-state index is 13.2. The number of aliphatic hydroxyl groups excluding tert-OH is 1. The van der Waals surface area contributed by atoms with Crippen molar-refractivity contribution >= 4 is 39.9 Å². The number of piperidine rings is 1. The topological polar surface area (TPSA) is 67.4 Å². The lowest BCUT2D eigenvalue weighted by Crippen LogP contribution is -2.46. The Kier molecular flexibility index (Phi) is 7.38. The molecule has 1 saturated heterocycles. The number of hydrogen-bond donors (Lipinski definition) is 3. The standard InChI is InChI=1S/C25H28Cl2F3N5O/c26-15-1-3-20-18(13-15)17-7-11-35(21(23(17)32-20)14-34-9-5-16(36)6-10-34)12-8-31-22-4-2-19(27)24(33-22)25(28,29)30/h1-4,13,16,21,32,36H,5-12,14H2,(H,31,33). The van der Waals surface area contributed by atoms with Crippen LogP contribution < -0.4 is 5.32 Å². The number of pyridine rings is 1. The molecule has 3 aromatic rings. The van der Waals surface area contributed by atoms with E-state index < -0.39 is 16.9 Å². The van der Waals surface area contributed by atoms with Crippen molar-refractivity contribution in [3.8, 4) is 0 Å². The van der Waals surface area contributed by atoms with Crippen molar-refractivity contribution in [1.82, 2.24) is 19.8 Å². The molecular formula is C25H28Cl2F3N5O. The number of likely N-dealkylation sites (tertiary alicyclic amines) is 1. The minimum atomic E-state index is -4.61. The Morgan fingerprint density at radius 3 is 2.64 bits per heavy atom. The second-order valence-corrected chi connectivity index (χ2v) is 10.3. The van der Waals surface area contributed by atoms with Gasteiger partial charge in [-0.05, 0) is 55.2 Å². The summed E-state index contributed by atoms with van der Waals surface area (Å²) in [7, 11) is 0. The van der Waals surface area contributed by atoms with Gasteiger partial charge in [0.1, 0.15) is 5.82 Å². The van der Waals surface area contributed by atoms with E-state index in [1.165, 1.54) is 17.7 Å². The van der Waals surface area contributed by atoms with Crippen LogP contribution in [-0.4, -0.2) is 70.2 Å². The molecule has 1 fully saturated rings. The second-order valence-electron chi connectivity index (χ2n) is 9.49. The van der Waals surface area contributed by atoms with Gasteiger partial charge in [0.05, 0.1) is 17.2 Å². The molecule has 5 rings (SSSR count). The summed E-state index contributed by atoms with van der Waals surface area (Å²) in [6.45, 7) is 4.35. The Balaban J connectivity index is 1.34. The molecule has 194 valence electrons. The third-order valence-corrected chi connectivity index (χ3v) is 7.67. The molecule has 1 unspecified atom stereocenters. The van der Waals surface area contributed by atoms with Gasteiger partial charge in [0, 0.05) is 60.9 Å². The first-order valence-electron chi connectivity index (χ1n) is 12.1. The molecule has 36 heavy (non-hydrogen) atoms. The van der Waals surface area contributed by atoms with E-state index in [0.29, 0.717) is 18.1 Å². The van der Waals surface area contributed by atoms with Crippen LogP contribution in [0.2, 0.25) is 10.0 Å². The van der Waals surface area contributed by atoms with Crippen molar-refractivity contribution in [2.45, 2.75) is 37.6 Å². The van der Waals surface area contributed by atoms with Crippen LogP contribution in [0, 0.1) is 0 Å². The van der Waals surface area contributed by atoms with Gasteiger partial charge in [-0.1, -0.05) is 23.2 Å². The highest BCUT2D eigenvalue weighted by Crippen LogP contribution is 2.37. The number of halogens is 5. The van der Waals surface area contributed by atoms with E-state index in [-0.39, 0.29) is 18.0 Å². The number of aromatic nitrogens is 2. The SMILES string of the molecule is OC1CCN(CC2c3[nH]c4ccc(Cl)cc4c3CCN2CCNc2ccc(Cl)c(C(F)(F)F)n2)CC1. The Hall–Kier alpha value is -2.04. The molecule has 6 nitrogen and oxygen atoms in total. The van der Waals surface area contributed by atoms with E-state index in [2.05, 4.69) is 25.1 Å². The quantitative estimate of drug-likeness (QED) is 0.392. The number of aliphatic hydroxyl groups is 1. The van der Waals surface area contributed by atoms with Crippen molar-refractivity contribution in [2.24, 2.45) is 0 Å². The zero-order valence-corrected chi connectivity index (χ0v) is 21.1. The minimum absolute atomic E-state index is 0.0841. The van der Waals surface area contributed by atoms with Gasteiger partial charge in [0.25, 0.3) is 0 Å². The molecule has 3 N–H and O–H groups in total. The van der Waals surface area contributed by atoms with Crippen molar-refractivity contribution in [2.75, 3.05) is 44.6 Å². The smallest absolute Gasteiger partial charge is 0.393 e. The third-order valence-electron chi connectivity index (χ3n) is 7.13. The van der Waals surface area contributed by atoms with Crippen LogP contribution >= 0.6 is 23.2 Å². The van der Waals surface area contributed by atoms with Gasteiger partial charge in [0.2, 0.25) is 0 Å². The molecular weight excluding hydrogens is 514 g/mol. The largest absolute Gasteiger partial charge is 0.434 e. The summed E-state index contributed by atoms with van der Waals surface area (Å²) in [6.07, 6.45) is -2.49. The number of aromatic amines is 1. The molecule has 1 atom stereocenters. The molecule has 0 spiro atoms. The summed E-state index contributed by atoms with van der Waals surface area (Å²) in [5.74, 6) is 0.145. The maximum atomic E-state index is 13.2. The summed E-state index contributed by atoms with van der Waals surface area (Å²) in [4.78, 5) is 12.0. The van der Waals surface area contributed by atoms with Gasteiger partial charge in [0.15, 0.2) is 5.69 Å². The first-order valence-corrected chi connectivity index (χ1v) is 12.9. The van der Waals surface area contributed by atoms with E-state index >= 15 is 0 Å². The number of alkyl halides is 3. The predicted molar refractivity (Wildman–Crippen MR) is 136 cm³/mol. The summed E-state index contributed by atoms with van der Waals surface area (Å²) in [5.41, 5.74) is 2.40. The lowest BCUT2D eigenvalue weighted by molar-refractivity contribution is -0.141. The molecule has 0 saturated carbocycles. The van der Waals surface area contributed by atoms with Gasteiger partial charge in [-0.3, -0.25) is 4.90 Å². The van der Waals surface area contributed by atoms with Gasteiger partial charge in [-0.2, -0.15) is 13.2 Å². The summed E-state index contributed by atoms with van der Waals surface area (Å²) < 4.78 is 39.5. The van der Waals surface area contributed by atoms with Gasteiger partial charge in [-0.25, -0.2) is 4.98 Å². The first-order chi connectivity index (χ1) is 17.2. The number of H-pyrrole nitrogens is 1. The van der Waals surface area contributed by atoms with E-state index in [1.54, 1.807) is 0 Å². The highest BCUT2D eigenvalue weighted by atomic mass is 35.5. The van der Waals surface area contributed by atoms with Crippen LogP contribution in [-0.2, 0) is 12.6 Å². The van der Waals surface area contributed by atoms with Crippen molar-refractivity contribution in [1.29, 1.82) is 0 Å². The number of nitrogens with one attached hydrogen (secondary N) is 2. The Morgan fingerprint density at radius 2 is 1.89 bits per heavy atom. The third kappa shape index (κ3) is 5.45. The van der Waals surface area contributed by atoms with Crippen molar-refractivity contribution in [3.05, 3.63) is 57.3 Å². The molecule has 0 bridgehead atoms. The van der Waals surface area contributed by atoms with E-state index in [4.69, 9.17) is 23.2 Å². The average molecular weight is 542 g/mol. The zero-order chi connectivity index (χ0) is 25.4. The lowest BCUT2D eigenvalue weighted by atomic mass is 9.96. The molecule has 11 heteroatoms. The molecule has 0 amide bonds. The van der Waals surface area contributed by atoms with Crippen LogP contribution in [0.5, 0.6) is 0 Å². The molecule has 4 heterocycles. The molecule has 1 aromatic carbocycles. The minimum Gasteiger partial charge on any atom is -0.393 e. The Morgan fingerprint density at radius 1 is 1.11 bits per heavy atom. The average Bonchev–Trinajstić information content (AvgIpc) is 3.20. The fraction of sp³-hybridized carbons (Fsp3) is 0.480. The fourth-order valence-electron chi connectivity index (χ4n) is 5.28. The van der Waals surface area contributed by atoms with Crippen LogP contribution in [0.4, 0.5) is 19.0 Å². The van der Waals surface area contributed by atoms with E-state index in [9.17, 15) is 18.3 Å². The second kappa shape index (κ2) is 10.4. The Bertz CT molecular complexity index is 1230. The van der Waals surface area contributed by atoms with Crippen LogP contribution in [0.1, 0.15) is 35.8 Å². The molecule has 2 aliphatic heterocycles. The highest BCUT2D eigenvalue weighted by Gasteiger charge is 2.36. The number of fused-ring (bicyclic) bond motifs is 3. The number of rotatable bonds is 6. The van der Waals surface area contributed by atoms with Gasteiger partial charge >= 0.3 is 6.18 Å². The summed E-state index contributed by atoms with van der Waals surface area (Å²) in [6, 6.07) is 8.65. The molecule has 2 aromatic heterocycles. The lowest BCUT2D eigenvalue weighted by Gasteiger charge is -2.40. The van der Waals surface area contributed by atoms with Gasteiger partial charge < -0.3 is 20.3 Å². The monoisotopic (exact) mass is 541 g/mol.